The molecule has 1 N–H and O–H groups in total. The maximum Gasteiger partial charge on any atom is 0.343 e. The summed E-state index contributed by atoms with van der Waals surface area (Å²) in [5.74, 6) is 0.265. The lowest BCUT2D eigenvalue weighted by Crippen LogP contribution is -2.38. The van der Waals surface area contributed by atoms with Gasteiger partial charge in [-0.15, -0.1) is 5.06 Å². The number of hydrogen-bond acceptors (Lipinski definition) is 6. The van der Waals surface area contributed by atoms with Crippen LogP contribution in [0.1, 0.15) is 29.8 Å². The van der Waals surface area contributed by atoms with Crippen LogP contribution in [0.25, 0.3) is 6.08 Å². The standard InChI is InChI=1S/C23H19N3O5/c1-3-29-19-13-15(9-10-18(19)30-23(28)16-7-5-4-6-8-16)12-17-21(24)26-20(25-22(17)27)11-14(2)31-26/h4-13,24H,3H2,1-2H3/b17-12-,24-21?. The van der Waals surface area contributed by atoms with Crippen LogP contribution < -0.4 is 9.47 Å². The van der Waals surface area contributed by atoms with E-state index in [0.717, 1.165) is 0 Å². The van der Waals surface area contributed by atoms with E-state index in [1.165, 1.54) is 11.1 Å². The van der Waals surface area contributed by atoms with Gasteiger partial charge < -0.3 is 14.3 Å². The Morgan fingerprint density at radius 3 is 2.71 bits per heavy atom. The lowest BCUT2D eigenvalue weighted by molar-refractivity contribution is -0.114. The first-order chi connectivity index (χ1) is 15.0. The van der Waals surface area contributed by atoms with Crippen molar-refractivity contribution in [3.05, 3.63) is 77.1 Å². The van der Waals surface area contributed by atoms with Crippen LogP contribution in [-0.2, 0) is 9.63 Å². The van der Waals surface area contributed by atoms with Gasteiger partial charge in [-0.3, -0.25) is 10.2 Å². The number of aliphatic imine (C=N–C) groups is 1. The Kier molecular flexibility index (Phi) is 5.36. The lowest BCUT2D eigenvalue weighted by Gasteiger charge is -2.23. The first-order valence-corrected chi connectivity index (χ1v) is 9.60. The number of amidine groups is 2. The third-order valence-electron chi connectivity index (χ3n) is 4.47. The number of esters is 1. The van der Waals surface area contributed by atoms with Crippen LogP contribution in [-0.4, -0.2) is 35.2 Å². The fourth-order valence-corrected chi connectivity index (χ4v) is 3.07. The van der Waals surface area contributed by atoms with Crippen LogP contribution in [0.5, 0.6) is 11.5 Å². The molecule has 2 heterocycles. The quantitative estimate of drug-likeness (QED) is 0.452. The molecule has 0 spiro atoms. The SMILES string of the molecule is CCOc1cc(/C=C2/C(=N)N3OC(C)=CC3=NC2=O)ccc1OC(=O)c1ccccc1. The average Bonchev–Trinajstić information content (AvgIpc) is 3.14. The second kappa shape index (κ2) is 8.27. The van der Waals surface area contributed by atoms with Gasteiger partial charge in [0, 0.05) is 6.08 Å². The summed E-state index contributed by atoms with van der Waals surface area (Å²) in [6, 6.07) is 13.5. The molecule has 2 aromatic carbocycles. The van der Waals surface area contributed by atoms with Crippen molar-refractivity contribution < 1.29 is 23.9 Å². The summed E-state index contributed by atoms with van der Waals surface area (Å²) >= 11 is 0. The van der Waals surface area contributed by atoms with Gasteiger partial charge in [0.1, 0.15) is 5.76 Å². The van der Waals surface area contributed by atoms with Crippen molar-refractivity contribution in [2.45, 2.75) is 13.8 Å². The van der Waals surface area contributed by atoms with Crippen molar-refractivity contribution in [3.63, 3.8) is 0 Å². The van der Waals surface area contributed by atoms with Gasteiger partial charge in [0.25, 0.3) is 5.91 Å². The highest BCUT2D eigenvalue weighted by atomic mass is 16.7. The molecule has 156 valence electrons. The third kappa shape index (κ3) is 4.09. The molecule has 0 bridgehead atoms. The molecule has 2 aromatic rings. The Bertz CT molecular complexity index is 1160. The second-order valence-electron chi connectivity index (χ2n) is 6.72. The highest BCUT2D eigenvalue weighted by Crippen LogP contribution is 2.31. The minimum absolute atomic E-state index is 0.0725. The van der Waals surface area contributed by atoms with E-state index in [9.17, 15) is 9.59 Å². The number of ether oxygens (including phenoxy) is 2. The molecule has 0 saturated heterocycles. The highest BCUT2D eigenvalue weighted by molar-refractivity contribution is 6.32. The van der Waals surface area contributed by atoms with Crippen LogP contribution in [0.3, 0.4) is 0 Å². The van der Waals surface area contributed by atoms with Gasteiger partial charge in [0.15, 0.2) is 23.2 Å². The Balaban J connectivity index is 1.62. The molecule has 8 nitrogen and oxygen atoms in total. The molecular weight excluding hydrogens is 398 g/mol. The van der Waals surface area contributed by atoms with Gasteiger partial charge in [0.2, 0.25) is 0 Å². The Hall–Kier alpha value is -4.20. The first-order valence-electron chi connectivity index (χ1n) is 9.60. The predicted molar refractivity (Wildman–Crippen MR) is 114 cm³/mol. The molecule has 2 aliphatic heterocycles. The fourth-order valence-electron chi connectivity index (χ4n) is 3.07. The lowest BCUT2D eigenvalue weighted by atomic mass is 10.1. The summed E-state index contributed by atoms with van der Waals surface area (Å²) in [6.07, 6.45) is 3.11. The van der Waals surface area contributed by atoms with Crippen LogP contribution in [0.4, 0.5) is 0 Å². The van der Waals surface area contributed by atoms with Crippen molar-refractivity contribution in [1.29, 1.82) is 5.41 Å². The topological polar surface area (TPSA) is 101 Å². The number of carbonyl (C=O) groups excluding carboxylic acids is 2. The number of nitrogens with zero attached hydrogens (tertiary/aromatic N) is 2. The smallest absolute Gasteiger partial charge is 0.343 e. The number of fused-ring (bicyclic) bond motifs is 1. The van der Waals surface area contributed by atoms with E-state index < -0.39 is 11.9 Å². The average molecular weight is 417 g/mol. The number of nitrogens with one attached hydrogen (secondary N) is 1. The molecule has 0 fully saturated rings. The zero-order valence-corrected chi connectivity index (χ0v) is 16.9. The number of allylic oxidation sites excluding steroid dienone is 1. The number of rotatable bonds is 5. The molecule has 2 aliphatic rings. The Labute approximate surface area is 178 Å². The van der Waals surface area contributed by atoms with Crippen molar-refractivity contribution >= 4 is 29.6 Å². The van der Waals surface area contributed by atoms with E-state index in [1.807, 2.05) is 13.0 Å². The molecule has 0 saturated carbocycles. The molecule has 0 unspecified atom stereocenters. The second-order valence-corrected chi connectivity index (χ2v) is 6.72. The molecule has 0 aromatic heterocycles. The molecule has 0 atom stereocenters. The number of carbonyl (C=O) groups is 2. The van der Waals surface area contributed by atoms with Crippen molar-refractivity contribution in [1.82, 2.24) is 5.06 Å². The van der Waals surface area contributed by atoms with E-state index in [2.05, 4.69) is 4.99 Å². The summed E-state index contributed by atoms with van der Waals surface area (Å²) in [5.41, 5.74) is 1.07. The van der Waals surface area contributed by atoms with E-state index in [-0.39, 0.29) is 23.0 Å². The summed E-state index contributed by atoms with van der Waals surface area (Å²) in [6.45, 7) is 3.88. The van der Waals surface area contributed by atoms with Gasteiger partial charge >= 0.3 is 5.97 Å². The monoisotopic (exact) mass is 417 g/mol. The van der Waals surface area contributed by atoms with Crippen LogP contribution in [0.2, 0.25) is 0 Å². The van der Waals surface area contributed by atoms with Crippen LogP contribution >= 0.6 is 0 Å². The van der Waals surface area contributed by atoms with E-state index >= 15 is 0 Å². The molecule has 4 rings (SSSR count). The molecule has 8 heteroatoms. The zero-order chi connectivity index (χ0) is 22.0. The molecule has 0 aliphatic carbocycles. The normalized spacial score (nSPS) is 16.5. The maximum absolute atomic E-state index is 12.4. The molecule has 1 amide bonds. The van der Waals surface area contributed by atoms with Gasteiger partial charge in [-0.25, -0.2) is 4.79 Å². The van der Waals surface area contributed by atoms with Crippen molar-refractivity contribution in [2.24, 2.45) is 4.99 Å². The maximum atomic E-state index is 12.4. The largest absolute Gasteiger partial charge is 0.490 e. The van der Waals surface area contributed by atoms with Crippen LogP contribution in [0, 0.1) is 5.41 Å². The third-order valence-corrected chi connectivity index (χ3v) is 4.47. The number of benzene rings is 2. The number of hydrogen-bond donors (Lipinski definition) is 1. The van der Waals surface area contributed by atoms with Gasteiger partial charge in [-0.2, -0.15) is 4.99 Å². The number of amides is 1. The summed E-state index contributed by atoms with van der Waals surface area (Å²) in [4.78, 5) is 34.2. The minimum Gasteiger partial charge on any atom is -0.490 e. The highest BCUT2D eigenvalue weighted by Gasteiger charge is 2.34. The predicted octanol–water partition coefficient (Wildman–Crippen LogP) is 3.75. The Morgan fingerprint density at radius 1 is 1.19 bits per heavy atom. The van der Waals surface area contributed by atoms with E-state index in [1.54, 1.807) is 55.5 Å². The van der Waals surface area contributed by atoms with Gasteiger partial charge in [-0.1, -0.05) is 24.3 Å². The summed E-state index contributed by atoms with van der Waals surface area (Å²) in [7, 11) is 0. The van der Waals surface area contributed by atoms with Crippen LogP contribution in [0.15, 0.2) is 70.9 Å². The molecule has 0 radical (unpaired) electrons. The summed E-state index contributed by atoms with van der Waals surface area (Å²) in [5, 5.41) is 9.50. The van der Waals surface area contributed by atoms with E-state index in [0.29, 0.717) is 29.2 Å². The first kappa shape index (κ1) is 20.1. The number of hydroxylamine groups is 2. The summed E-state index contributed by atoms with van der Waals surface area (Å²) < 4.78 is 11.1. The van der Waals surface area contributed by atoms with Gasteiger partial charge in [-0.05, 0) is 49.8 Å². The molecular formula is C23H19N3O5. The van der Waals surface area contributed by atoms with Crippen molar-refractivity contribution in [3.8, 4) is 11.5 Å². The zero-order valence-electron chi connectivity index (χ0n) is 16.9. The fraction of sp³-hybridized carbons (Fsp3) is 0.130. The minimum atomic E-state index is -0.539. The van der Waals surface area contributed by atoms with E-state index in [4.69, 9.17) is 19.7 Å². The van der Waals surface area contributed by atoms with Gasteiger partial charge in [0.05, 0.1) is 17.7 Å². The Morgan fingerprint density at radius 2 is 1.97 bits per heavy atom. The van der Waals surface area contributed by atoms with Crippen molar-refractivity contribution in [2.75, 3.05) is 6.61 Å². The molecule has 31 heavy (non-hydrogen) atoms.